The Labute approximate surface area is 99.1 Å². The lowest BCUT2D eigenvalue weighted by Gasteiger charge is -2.49. The fraction of sp³-hybridized carbons (Fsp3) is 1.00. The molecule has 96 valence electrons. The van der Waals surface area contributed by atoms with Crippen molar-refractivity contribution in [3.63, 3.8) is 0 Å². The molecule has 16 heavy (non-hydrogen) atoms. The van der Waals surface area contributed by atoms with Gasteiger partial charge in [-0.2, -0.15) is 0 Å². The third-order valence-electron chi connectivity index (χ3n) is 4.51. The largest absolute Gasteiger partial charge is 0.396 e. The van der Waals surface area contributed by atoms with Gasteiger partial charge in [-0.05, 0) is 30.6 Å². The third kappa shape index (κ3) is 2.27. The standard InChI is InChI=1S/C13H26O3/c1-5-10-12(16-4)11(15-3)7-8-13(10,6-2)9-14/h10-12,14H,5-9H2,1-4H3/t10?,11?,12?,13-/m1/s1. The molecule has 1 fully saturated rings. The SMILES string of the molecule is CCC1C(OC)C(OC)CC[C@]1(CC)CO. The van der Waals surface area contributed by atoms with Crippen LogP contribution in [0, 0.1) is 11.3 Å². The maximum atomic E-state index is 9.72. The van der Waals surface area contributed by atoms with Gasteiger partial charge in [0.1, 0.15) is 0 Å². The van der Waals surface area contributed by atoms with Crippen LogP contribution >= 0.6 is 0 Å². The van der Waals surface area contributed by atoms with Gasteiger partial charge >= 0.3 is 0 Å². The number of hydrogen-bond donors (Lipinski definition) is 1. The van der Waals surface area contributed by atoms with Crippen molar-refractivity contribution in [3.8, 4) is 0 Å². The highest BCUT2D eigenvalue weighted by atomic mass is 16.5. The number of ether oxygens (including phenoxy) is 2. The normalized spacial score (nSPS) is 39.9. The summed E-state index contributed by atoms with van der Waals surface area (Å²) < 4.78 is 11.1. The molecule has 1 rings (SSSR count). The van der Waals surface area contributed by atoms with Crippen molar-refractivity contribution in [3.05, 3.63) is 0 Å². The van der Waals surface area contributed by atoms with Crippen LogP contribution in [0.1, 0.15) is 39.5 Å². The molecular formula is C13H26O3. The van der Waals surface area contributed by atoms with Gasteiger partial charge in [-0.15, -0.1) is 0 Å². The molecule has 0 amide bonds. The molecule has 1 aliphatic rings. The molecule has 0 aliphatic heterocycles. The van der Waals surface area contributed by atoms with Crippen LogP contribution in [0.25, 0.3) is 0 Å². The van der Waals surface area contributed by atoms with E-state index in [0.29, 0.717) is 5.92 Å². The van der Waals surface area contributed by atoms with Crippen LogP contribution in [0.3, 0.4) is 0 Å². The summed E-state index contributed by atoms with van der Waals surface area (Å²) in [5.74, 6) is 0.395. The summed E-state index contributed by atoms with van der Waals surface area (Å²) in [7, 11) is 3.50. The molecule has 0 aromatic carbocycles. The molecule has 0 spiro atoms. The second-order valence-electron chi connectivity index (χ2n) is 4.90. The molecule has 1 aliphatic carbocycles. The Morgan fingerprint density at radius 1 is 1.25 bits per heavy atom. The highest BCUT2D eigenvalue weighted by Crippen LogP contribution is 2.46. The average Bonchev–Trinajstić information content (AvgIpc) is 2.36. The minimum atomic E-state index is 0.0322. The van der Waals surface area contributed by atoms with Gasteiger partial charge in [0.25, 0.3) is 0 Å². The first kappa shape index (κ1) is 13.9. The molecule has 0 saturated heterocycles. The lowest BCUT2D eigenvalue weighted by Crippen LogP contribution is -2.51. The molecule has 0 aromatic heterocycles. The fourth-order valence-electron chi connectivity index (χ4n) is 3.37. The maximum absolute atomic E-state index is 9.72. The first-order valence-electron chi connectivity index (χ1n) is 6.35. The second kappa shape index (κ2) is 5.99. The molecule has 0 aromatic rings. The van der Waals surface area contributed by atoms with Crippen molar-refractivity contribution < 1.29 is 14.6 Å². The maximum Gasteiger partial charge on any atom is 0.0866 e. The quantitative estimate of drug-likeness (QED) is 0.787. The van der Waals surface area contributed by atoms with Gasteiger partial charge < -0.3 is 14.6 Å². The van der Waals surface area contributed by atoms with Crippen LogP contribution in [0.2, 0.25) is 0 Å². The van der Waals surface area contributed by atoms with Gasteiger partial charge in [-0.3, -0.25) is 0 Å². The zero-order valence-corrected chi connectivity index (χ0v) is 11.0. The Bertz CT molecular complexity index is 201. The van der Waals surface area contributed by atoms with E-state index >= 15 is 0 Å². The van der Waals surface area contributed by atoms with Crippen LogP contribution in [-0.2, 0) is 9.47 Å². The number of hydrogen-bond acceptors (Lipinski definition) is 3. The third-order valence-corrected chi connectivity index (χ3v) is 4.51. The summed E-state index contributed by atoms with van der Waals surface area (Å²) in [5.41, 5.74) is 0.0322. The van der Waals surface area contributed by atoms with Crippen molar-refractivity contribution in [2.45, 2.75) is 51.7 Å². The van der Waals surface area contributed by atoms with Crippen LogP contribution < -0.4 is 0 Å². The Morgan fingerprint density at radius 2 is 1.94 bits per heavy atom. The average molecular weight is 230 g/mol. The molecule has 0 bridgehead atoms. The highest BCUT2D eigenvalue weighted by molar-refractivity contribution is 4.97. The molecular weight excluding hydrogens is 204 g/mol. The fourth-order valence-corrected chi connectivity index (χ4v) is 3.37. The van der Waals surface area contributed by atoms with E-state index in [9.17, 15) is 5.11 Å². The van der Waals surface area contributed by atoms with Crippen molar-refractivity contribution in [2.24, 2.45) is 11.3 Å². The van der Waals surface area contributed by atoms with E-state index in [0.717, 1.165) is 25.7 Å². The van der Waals surface area contributed by atoms with Crippen molar-refractivity contribution in [2.75, 3.05) is 20.8 Å². The summed E-state index contributed by atoms with van der Waals surface area (Å²) in [6.45, 7) is 4.60. The zero-order chi connectivity index (χ0) is 12.2. The summed E-state index contributed by atoms with van der Waals surface area (Å²) in [4.78, 5) is 0. The molecule has 3 nitrogen and oxygen atoms in total. The monoisotopic (exact) mass is 230 g/mol. The predicted molar refractivity (Wildman–Crippen MR) is 64.4 cm³/mol. The van der Waals surface area contributed by atoms with Crippen LogP contribution in [-0.4, -0.2) is 38.1 Å². The van der Waals surface area contributed by atoms with Crippen LogP contribution in [0.15, 0.2) is 0 Å². The lowest BCUT2D eigenvalue weighted by molar-refractivity contribution is -0.146. The van der Waals surface area contributed by atoms with E-state index in [-0.39, 0.29) is 24.2 Å². The van der Waals surface area contributed by atoms with Gasteiger partial charge in [-0.1, -0.05) is 20.3 Å². The summed E-state index contributed by atoms with van der Waals surface area (Å²) in [6.07, 6.45) is 4.37. The molecule has 3 heteroatoms. The summed E-state index contributed by atoms with van der Waals surface area (Å²) in [6, 6.07) is 0. The molecule has 1 N–H and O–H groups in total. The van der Waals surface area contributed by atoms with Gasteiger partial charge in [0.2, 0.25) is 0 Å². The van der Waals surface area contributed by atoms with Gasteiger partial charge in [0.05, 0.1) is 12.2 Å². The number of aliphatic hydroxyl groups excluding tert-OH is 1. The zero-order valence-electron chi connectivity index (χ0n) is 11.0. The summed E-state index contributed by atoms with van der Waals surface area (Å²) >= 11 is 0. The first-order chi connectivity index (χ1) is 7.68. The Hall–Kier alpha value is -0.120. The Kier molecular flexibility index (Phi) is 5.22. The topological polar surface area (TPSA) is 38.7 Å². The predicted octanol–water partition coefficient (Wildman–Crippen LogP) is 2.23. The smallest absolute Gasteiger partial charge is 0.0866 e. The Morgan fingerprint density at radius 3 is 2.31 bits per heavy atom. The molecule has 1 saturated carbocycles. The molecule has 4 atom stereocenters. The van der Waals surface area contributed by atoms with Gasteiger partial charge in [0, 0.05) is 20.8 Å². The Balaban J connectivity index is 2.91. The van der Waals surface area contributed by atoms with E-state index in [1.807, 2.05) is 0 Å². The minimum Gasteiger partial charge on any atom is -0.396 e. The summed E-state index contributed by atoms with van der Waals surface area (Å²) in [5, 5.41) is 9.72. The first-order valence-corrected chi connectivity index (χ1v) is 6.35. The van der Waals surface area contributed by atoms with Crippen molar-refractivity contribution in [1.29, 1.82) is 0 Å². The molecule has 3 unspecified atom stereocenters. The molecule has 0 radical (unpaired) electrons. The van der Waals surface area contributed by atoms with Crippen LogP contribution in [0.4, 0.5) is 0 Å². The second-order valence-corrected chi connectivity index (χ2v) is 4.90. The van der Waals surface area contributed by atoms with E-state index in [1.54, 1.807) is 14.2 Å². The van der Waals surface area contributed by atoms with Crippen LogP contribution in [0.5, 0.6) is 0 Å². The van der Waals surface area contributed by atoms with Gasteiger partial charge in [0.15, 0.2) is 0 Å². The van der Waals surface area contributed by atoms with E-state index in [2.05, 4.69) is 13.8 Å². The highest BCUT2D eigenvalue weighted by Gasteiger charge is 2.47. The van der Waals surface area contributed by atoms with Crippen molar-refractivity contribution in [1.82, 2.24) is 0 Å². The number of rotatable bonds is 5. The van der Waals surface area contributed by atoms with E-state index in [4.69, 9.17) is 9.47 Å². The number of methoxy groups -OCH3 is 2. The lowest BCUT2D eigenvalue weighted by atomic mass is 9.62. The van der Waals surface area contributed by atoms with E-state index in [1.165, 1.54) is 0 Å². The minimum absolute atomic E-state index is 0.0322. The van der Waals surface area contributed by atoms with E-state index < -0.39 is 0 Å². The van der Waals surface area contributed by atoms with Crippen molar-refractivity contribution >= 4 is 0 Å². The molecule has 0 heterocycles. The number of aliphatic hydroxyl groups is 1. The van der Waals surface area contributed by atoms with Gasteiger partial charge in [-0.25, -0.2) is 0 Å².